The molecule has 1 amide bonds. The first-order chi connectivity index (χ1) is 16.1. The maximum atomic E-state index is 12.9. The number of anilines is 1. The summed E-state index contributed by atoms with van der Waals surface area (Å²) in [5, 5.41) is 7.87. The van der Waals surface area contributed by atoms with Crippen LogP contribution in [0.15, 0.2) is 89.3 Å². The summed E-state index contributed by atoms with van der Waals surface area (Å²) in [7, 11) is 1.54. The van der Waals surface area contributed by atoms with Crippen molar-refractivity contribution >= 4 is 50.8 Å². The fourth-order valence-electron chi connectivity index (χ4n) is 3.59. The number of methoxy groups -OCH3 is 1. The molecule has 7 heteroatoms. The standard InChI is InChI=1S/C26H19N3O3S/c1-31-23-15-18-7-3-2-6-17(18)14-20(23)24(30)29-26(33)27-19-12-10-16(11-13-19)25-28-21-8-4-5-9-22(21)32-25/h2-15H,1H3,(H2,27,29,30,33). The van der Waals surface area contributed by atoms with Crippen molar-refractivity contribution in [2.24, 2.45) is 0 Å². The first-order valence-electron chi connectivity index (χ1n) is 10.3. The number of thiocarbonyl (C=S) groups is 1. The van der Waals surface area contributed by atoms with Gasteiger partial charge in [0.05, 0.1) is 12.7 Å². The predicted octanol–water partition coefficient (Wildman–Crippen LogP) is 5.78. The Balaban J connectivity index is 1.29. The molecule has 0 saturated carbocycles. The van der Waals surface area contributed by atoms with Gasteiger partial charge in [-0.05, 0) is 71.5 Å². The van der Waals surface area contributed by atoms with Gasteiger partial charge in [0.2, 0.25) is 5.89 Å². The molecule has 0 atom stereocenters. The summed E-state index contributed by atoms with van der Waals surface area (Å²) in [6, 6.07) is 26.5. The number of carbonyl (C=O) groups is 1. The maximum Gasteiger partial charge on any atom is 0.261 e. The van der Waals surface area contributed by atoms with Gasteiger partial charge in [-0.15, -0.1) is 0 Å². The molecule has 2 N–H and O–H groups in total. The number of rotatable bonds is 4. The zero-order valence-corrected chi connectivity index (χ0v) is 18.5. The lowest BCUT2D eigenvalue weighted by Crippen LogP contribution is -2.34. The normalized spacial score (nSPS) is 10.8. The van der Waals surface area contributed by atoms with Gasteiger partial charge in [0.25, 0.3) is 5.91 Å². The second-order valence-corrected chi connectivity index (χ2v) is 7.78. The van der Waals surface area contributed by atoms with Crippen molar-refractivity contribution in [1.29, 1.82) is 0 Å². The molecule has 0 aliphatic carbocycles. The quantitative estimate of drug-likeness (QED) is 0.336. The average molecular weight is 454 g/mol. The molecule has 0 aliphatic heterocycles. The number of benzene rings is 4. The van der Waals surface area contributed by atoms with Crippen molar-refractivity contribution in [3.05, 3.63) is 90.5 Å². The minimum Gasteiger partial charge on any atom is -0.496 e. The van der Waals surface area contributed by atoms with Gasteiger partial charge in [0.15, 0.2) is 10.7 Å². The van der Waals surface area contributed by atoms with Crippen LogP contribution >= 0.6 is 12.2 Å². The molecule has 6 nitrogen and oxygen atoms in total. The molecule has 1 heterocycles. The summed E-state index contributed by atoms with van der Waals surface area (Å²) in [5.41, 5.74) is 3.52. The van der Waals surface area contributed by atoms with Gasteiger partial charge in [0, 0.05) is 11.3 Å². The second-order valence-electron chi connectivity index (χ2n) is 7.37. The molecule has 4 aromatic carbocycles. The van der Waals surface area contributed by atoms with Gasteiger partial charge < -0.3 is 14.5 Å². The van der Waals surface area contributed by atoms with Crippen LogP contribution in [0.1, 0.15) is 10.4 Å². The molecule has 0 aliphatic rings. The summed E-state index contributed by atoms with van der Waals surface area (Å²) in [6.07, 6.45) is 0. The molecule has 0 saturated heterocycles. The van der Waals surface area contributed by atoms with E-state index in [2.05, 4.69) is 15.6 Å². The van der Waals surface area contributed by atoms with Crippen LogP contribution in [0.5, 0.6) is 5.75 Å². The van der Waals surface area contributed by atoms with E-state index in [1.165, 1.54) is 7.11 Å². The molecule has 0 bridgehead atoms. The Morgan fingerprint density at radius 2 is 1.64 bits per heavy atom. The highest BCUT2D eigenvalue weighted by Gasteiger charge is 2.15. The Morgan fingerprint density at radius 3 is 2.36 bits per heavy atom. The summed E-state index contributed by atoms with van der Waals surface area (Å²) in [6.45, 7) is 0. The van der Waals surface area contributed by atoms with E-state index >= 15 is 0 Å². The van der Waals surface area contributed by atoms with Crippen LogP contribution < -0.4 is 15.4 Å². The zero-order valence-electron chi connectivity index (χ0n) is 17.7. The van der Waals surface area contributed by atoms with Crippen molar-refractivity contribution in [2.75, 3.05) is 12.4 Å². The molecule has 0 unspecified atom stereocenters. The highest BCUT2D eigenvalue weighted by atomic mass is 32.1. The zero-order chi connectivity index (χ0) is 22.8. The Kier molecular flexibility index (Phi) is 5.46. The minimum atomic E-state index is -0.349. The number of ether oxygens (including phenoxy) is 1. The third kappa shape index (κ3) is 4.26. The van der Waals surface area contributed by atoms with Gasteiger partial charge in [-0.1, -0.05) is 36.4 Å². The van der Waals surface area contributed by atoms with E-state index in [9.17, 15) is 4.79 Å². The minimum absolute atomic E-state index is 0.185. The summed E-state index contributed by atoms with van der Waals surface area (Å²) in [4.78, 5) is 17.4. The second kappa shape index (κ2) is 8.72. The number of amides is 1. The third-order valence-electron chi connectivity index (χ3n) is 5.22. The number of aromatic nitrogens is 1. The molecule has 0 radical (unpaired) electrons. The fraction of sp³-hybridized carbons (Fsp3) is 0.0385. The van der Waals surface area contributed by atoms with Crippen molar-refractivity contribution in [1.82, 2.24) is 10.3 Å². The van der Waals surface area contributed by atoms with Crippen molar-refractivity contribution in [3.63, 3.8) is 0 Å². The first-order valence-corrected chi connectivity index (χ1v) is 10.7. The Bertz CT molecular complexity index is 1460. The number of hydrogen-bond acceptors (Lipinski definition) is 5. The van der Waals surface area contributed by atoms with E-state index in [0.29, 0.717) is 17.2 Å². The van der Waals surface area contributed by atoms with Crippen LogP contribution in [0.2, 0.25) is 0 Å². The highest BCUT2D eigenvalue weighted by Crippen LogP contribution is 2.27. The molecule has 33 heavy (non-hydrogen) atoms. The average Bonchev–Trinajstić information content (AvgIpc) is 3.28. The van der Waals surface area contributed by atoms with E-state index in [-0.39, 0.29) is 11.0 Å². The maximum absolute atomic E-state index is 12.9. The number of hydrogen-bond donors (Lipinski definition) is 2. The summed E-state index contributed by atoms with van der Waals surface area (Å²) < 4.78 is 11.2. The first kappa shape index (κ1) is 20.7. The van der Waals surface area contributed by atoms with Gasteiger partial charge in [-0.2, -0.15) is 0 Å². The largest absolute Gasteiger partial charge is 0.496 e. The van der Waals surface area contributed by atoms with E-state index in [1.54, 1.807) is 6.07 Å². The van der Waals surface area contributed by atoms with E-state index in [4.69, 9.17) is 21.4 Å². The SMILES string of the molecule is COc1cc2ccccc2cc1C(=O)NC(=S)Nc1ccc(-c2nc3ccccc3o2)cc1. The van der Waals surface area contributed by atoms with Crippen molar-refractivity contribution < 1.29 is 13.9 Å². The number of nitrogens with one attached hydrogen (secondary N) is 2. The molecule has 1 aromatic heterocycles. The van der Waals surface area contributed by atoms with Gasteiger partial charge >= 0.3 is 0 Å². The topological polar surface area (TPSA) is 76.4 Å². The number of fused-ring (bicyclic) bond motifs is 2. The molecule has 0 fully saturated rings. The van der Waals surface area contributed by atoms with E-state index in [0.717, 1.165) is 33.1 Å². The third-order valence-corrected chi connectivity index (χ3v) is 5.43. The Labute approximate surface area is 195 Å². The monoisotopic (exact) mass is 453 g/mol. The lowest BCUT2D eigenvalue weighted by molar-refractivity contribution is 0.0975. The van der Waals surface area contributed by atoms with Gasteiger partial charge in [-0.25, -0.2) is 4.98 Å². The fourth-order valence-corrected chi connectivity index (χ4v) is 3.80. The lowest BCUT2D eigenvalue weighted by Gasteiger charge is -2.13. The predicted molar refractivity (Wildman–Crippen MR) is 134 cm³/mol. The number of oxazole rings is 1. The van der Waals surface area contributed by atoms with Crippen LogP contribution in [-0.2, 0) is 0 Å². The Hall–Kier alpha value is -4.23. The van der Waals surface area contributed by atoms with Crippen LogP contribution in [0.25, 0.3) is 33.3 Å². The van der Waals surface area contributed by atoms with E-state index in [1.807, 2.05) is 78.9 Å². The summed E-state index contributed by atoms with van der Waals surface area (Å²) in [5.74, 6) is 0.678. The van der Waals surface area contributed by atoms with E-state index < -0.39 is 0 Å². The Morgan fingerprint density at radius 1 is 0.939 bits per heavy atom. The van der Waals surface area contributed by atoms with Crippen LogP contribution in [0, 0.1) is 0 Å². The molecular weight excluding hydrogens is 434 g/mol. The summed E-state index contributed by atoms with van der Waals surface area (Å²) >= 11 is 5.34. The molecule has 5 aromatic rings. The van der Waals surface area contributed by atoms with Crippen LogP contribution in [-0.4, -0.2) is 23.1 Å². The smallest absolute Gasteiger partial charge is 0.261 e. The van der Waals surface area contributed by atoms with Crippen LogP contribution in [0.3, 0.4) is 0 Å². The van der Waals surface area contributed by atoms with Crippen molar-refractivity contribution in [3.8, 4) is 17.2 Å². The molecule has 0 spiro atoms. The molecule has 5 rings (SSSR count). The highest BCUT2D eigenvalue weighted by molar-refractivity contribution is 7.80. The molecular formula is C26H19N3O3S. The van der Waals surface area contributed by atoms with Crippen molar-refractivity contribution in [2.45, 2.75) is 0 Å². The number of nitrogens with zero attached hydrogens (tertiary/aromatic N) is 1. The number of para-hydroxylation sites is 2. The number of carbonyl (C=O) groups excluding carboxylic acids is 1. The van der Waals surface area contributed by atoms with Gasteiger partial charge in [0.1, 0.15) is 11.3 Å². The van der Waals surface area contributed by atoms with Gasteiger partial charge in [-0.3, -0.25) is 10.1 Å². The van der Waals surface area contributed by atoms with Crippen LogP contribution in [0.4, 0.5) is 5.69 Å². The molecule has 162 valence electrons. The lowest BCUT2D eigenvalue weighted by atomic mass is 10.1.